The summed E-state index contributed by atoms with van der Waals surface area (Å²) in [7, 11) is 3.97. The van der Waals surface area contributed by atoms with Crippen LogP contribution >= 0.6 is 0 Å². The Morgan fingerprint density at radius 2 is 0.825 bits per heavy atom. The minimum atomic E-state index is -0.506. The average molecular weight is 571 g/mol. The summed E-state index contributed by atoms with van der Waals surface area (Å²) in [5.74, 6) is -0.613. The number of nitrogens with zero attached hydrogens (tertiary/aromatic N) is 2. The minimum absolute atomic E-state index is 0.306. The first-order valence-corrected chi connectivity index (χ1v) is 14.1. The molecule has 0 saturated carbocycles. The van der Waals surface area contributed by atoms with Crippen LogP contribution in [0.5, 0.6) is 0 Å². The van der Waals surface area contributed by atoms with Crippen LogP contribution in [0.15, 0.2) is 12.2 Å². The lowest BCUT2D eigenvalue weighted by atomic mass is 10.2. The Morgan fingerprint density at radius 3 is 1.10 bits per heavy atom. The summed E-state index contributed by atoms with van der Waals surface area (Å²) >= 11 is 0. The van der Waals surface area contributed by atoms with Crippen molar-refractivity contribution in [2.24, 2.45) is 0 Å². The van der Waals surface area contributed by atoms with E-state index in [-0.39, 0.29) is 11.8 Å². The molecule has 0 aliphatic rings. The van der Waals surface area contributed by atoms with Crippen molar-refractivity contribution < 1.29 is 28.7 Å². The van der Waals surface area contributed by atoms with Gasteiger partial charge in [-0.1, -0.05) is 0 Å². The fraction of sp³-hybridized carbons (Fsp3) is 0.786. The Morgan fingerprint density at radius 1 is 0.550 bits per heavy atom. The summed E-state index contributed by atoms with van der Waals surface area (Å²) in [4.78, 5) is 51.4. The number of amides is 4. The van der Waals surface area contributed by atoms with Gasteiger partial charge in [-0.05, 0) is 108 Å². The van der Waals surface area contributed by atoms with E-state index in [2.05, 4.69) is 31.1 Å². The SMILES string of the molecule is CN(CCCNC(=O)/C=C\C(=O)NCCCN(C)CCCNC(=O)OC(C)(C)C)CCCNC(=O)OC(C)(C)C. The predicted octanol–water partition coefficient (Wildman–Crippen LogP) is 2.25. The van der Waals surface area contributed by atoms with Gasteiger partial charge in [0.1, 0.15) is 11.2 Å². The van der Waals surface area contributed by atoms with E-state index in [1.807, 2.05) is 55.6 Å². The summed E-state index contributed by atoms with van der Waals surface area (Å²) < 4.78 is 10.4. The van der Waals surface area contributed by atoms with Crippen LogP contribution in [-0.4, -0.2) is 111 Å². The lowest BCUT2D eigenvalue weighted by Gasteiger charge is -2.20. The van der Waals surface area contributed by atoms with Crippen molar-refractivity contribution in [3.05, 3.63) is 12.2 Å². The van der Waals surface area contributed by atoms with Crippen molar-refractivity contribution in [3.63, 3.8) is 0 Å². The maximum atomic E-state index is 11.9. The monoisotopic (exact) mass is 570 g/mol. The fourth-order valence-electron chi connectivity index (χ4n) is 3.32. The third-order valence-corrected chi connectivity index (χ3v) is 5.19. The van der Waals surface area contributed by atoms with Gasteiger partial charge in [0, 0.05) is 38.3 Å². The molecule has 0 aromatic carbocycles. The van der Waals surface area contributed by atoms with Crippen molar-refractivity contribution >= 4 is 24.0 Å². The second-order valence-corrected chi connectivity index (χ2v) is 11.8. The zero-order valence-electron chi connectivity index (χ0n) is 26.0. The Kier molecular flexibility index (Phi) is 18.6. The summed E-state index contributed by atoms with van der Waals surface area (Å²) in [5, 5.41) is 11.0. The van der Waals surface area contributed by atoms with Gasteiger partial charge in [0.25, 0.3) is 0 Å². The van der Waals surface area contributed by atoms with Crippen LogP contribution in [0.2, 0.25) is 0 Å². The van der Waals surface area contributed by atoms with Crippen LogP contribution in [0.4, 0.5) is 9.59 Å². The highest BCUT2D eigenvalue weighted by molar-refractivity contribution is 5.96. The molecule has 4 amide bonds. The third-order valence-electron chi connectivity index (χ3n) is 5.19. The van der Waals surface area contributed by atoms with E-state index in [4.69, 9.17) is 9.47 Å². The topological polar surface area (TPSA) is 141 Å². The standard InChI is InChI=1S/C28H54N6O6/c1-27(2,3)39-25(37)31-17-11-21-33(7)19-9-15-29-23(35)13-14-24(36)30-16-10-20-34(8)22-12-18-32-26(38)40-28(4,5)6/h13-14H,9-12,15-22H2,1-8H3,(H,29,35)(H,30,36)(H,31,37)(H,32,38)/b14-13-. The first kappa shape index (κ1) is 37.1. The van der Waals surface area contributed by atoms with Crippen molar-refractivity contribution in [1.82, 2.24) is 31.1 Å². The van der Waals surface area contributed by atoms with Crippen molar-refractivity contribution in [3.8, 4) is 0 Å². The smallest absolute Gasteiger partial charge is 0.407 e. The molecular weight excluding hydrogens is 516 g/mol. The Labute approximate surface area is 240 Å². The molecule has 0 aliphatic carbocycles. The van der Waals surface area contributed by atoms with Gasteiger partial charge in [-0.15, -0.1) is 0 Å². The molecule has 12 heteroatoms. The molecule has 0 fully saturated rings. The van der Waals surface area contributed by atoms with Crippen LogP contribution < -0.4 is 21.3 Å². The van der Waals surface area contributed by atoms with Gasteiger partial charge in [-0.25, -0.2) is 9.59 Å². The van der Waals surface area contributed by atoms with Gasteiger partial charge in [-0.2, -0.15) is 0 Å². The summed E-state index contributed by atoms with van der Waals surface area (Å²) in [6, 6.07) is 0. The zero-order valence-corrected chi connectivity index (χ0v) is 26.0. The molecular formula is C28H54N6O6. The van der Waals surface area contributed by atoms with Crippen LogP contribution in [0.1, 0.15) is 67.2 Å². The molecule has 0 saturated heterocycles. The zero-order chi connectivity index (χ0) is 30.6. The molecule has 0 aromatic rings. The number of rotatable bonds is 18. The van der Waals surface area contributed by atoms with Gasteiger partial charge in [0.2, 0.25) is 11.8 Å². The number of hydrogen-bond donors (Lipinski definition) is 4. The average Bonchev–Trinajstić information content (AvgIpc) is 2.81. The Bertz CT molecular complexity index is 727. The molecule has 0 spiro atoms. The van der Waals surface area contributed by atoms with Crippen molar-refractivity contribution in [2.75, 3.05) is 66.5 Å². The number of carbonyl (C=O) groups excluding carboxylic acids is 4. The normalized spacial score (nSPS) is 11.9. The molecule has 232 valence electrons. The fourth-order valence-corrected chi connectivity index (χ4v) is 3.32. The van der Waals surface area contributed by atoms with E-state index in [0.717, 1.165) is 51.9 Å². The first-order valence-electron chi connectivity index (χ1n) is 14.1. The van der Waals surface area contributed by atoms with Crippen LogP contribution in [0.3, 0.4) is 0 Å². The number of hydrogen-bond acceptors (Lipinski definition) is 8. The second-order valence-electron chi connectivity index (χ2n) is 11.8. The van der Waals surface area contributed by atoms with E-state index < -0.39 is 23.4 Å². The van der Waals surface area contributed by atoms with Gasteiger partial charge in [-0.3, -0.25) is 9.59 Å². The molecule has 0 rings (SSSR count). The number of ether oxygens (including phenoxy) is 2. The van der Waals surface area contributed by atoms with Crippen molar-refractivity contribution in [1.29, 1.82) is 0 Å². The maximum absolute atomic E-state index is 11.9. The highest BCUT2D eigenvalue weighted by Gasteiger charge is 2.16. The summed E-state index contributed by atoms with van der Waals surface area (Å²) in [5.41, 5.74) is -1.01. The lowest BCUT2D eigenvalue weighted by Crippen LogP contribution is -2.34. The van der Waals surface area contributed by atoms with E-state index in [0.29, 0.717) is 26.2 Å². The molecule has 0 unspecified atom stereocenters. The molecule has 0 bridgehead atoms. The molecule has 12 nitrogen and oxygen atoms in total. The maximum Gasteiger partial charge on any atom is 0.407 e. The lowest BCUT2D eigenvalue weighted by molar-refractivity contribution is -0.118. The molecule has 40 heavy (non-hydrogen) atoms. The van der Waals surface area contributed by atoms with Gasteiger partial charge >= 0.3 is 12.2 Å². The van der Waals surface area contributed by atoms with Crippen LogP contribution in [0, 0.1) is 0 Å². The number of alkyl carbamates (subject to hydrolysis) is 2. The first-order chi connectivity index (χ1) is 18.6. The quantitative estimate of drug-likeness (QED) is 0.145. The van der Waals surface area contributed by atoms with Crippen LogP contribution in [-0.2, 0) is 19.1 Å². The molecule has 0 heterocycles. The van der Waals surface area contributed by atoms with E-state index >= 15 is 0 Å². The minimum Gasteiger partial charge on any atom is -0.444 e. The van der Waals surface area contributed by atoms with E-state index in [1.165, 1.54) is 12.2 Å². The third kappa shape index (κ3) is 25.4. The summed E-state index contributed by atoms with van der Waals surface area (Å²) in [6.07, 6.45) is 4.79. The van der Waals surface area contributed by atoms with Gasteiger partial charge in [0.15, 0.2) is 0 Å². The Hall–Kier alpha value is -2.86. The number of nitrogens with one attached hydrogen (secondary N) is 4. The van der Waals surface area contributed by atoms with Crippen molar-refractivity contribution in [2.45, 2.75) is 78.4 Å². The van der Waals surface area contributed by atoms with Gasteiger partial charge in [0.05, 0.1) is 0 Å². The molecule has 0 atom stereocenters. The highest BCUT2D eigenvalue weighted by Crippen LogP contribution is 2.07. The summed E-state index contributed by atoms with van der Waals surface area (Å²) in [6.45, 7) is 16.3. The highest BCUT2D eigenvalue weighted by atomic mass is 16.6. The van der Waals surface area contributed by atoms with Gasteiger partial charge < -0.3 is 40.5 Å². The molecule has 4 N–H and O–H groups in total. The van der Waals surface area contributed by atoms with Crippen LogP contribution in [0.25, 0.3) is 0 Å². The molecule has 0 radical (unpaired) electrons. The number of carbonyl (C=O) groups is 4. The predicted molar refractivity (Wildman–Crippen MR) is 157 cm³/mol. The largest absolute Gasteiger partial charge is 0.444 e. The Balaban J connectivity index is 3.78. The second kappa shape index (κ2) is 20.1. The van der Waals surface area contributed by atoms with E-state index in [1.54, 1.807) is 0 Å². The molecule has 0 aliphatic heterocycles. The molecule has 0 aromatic heterocycles. The van der Waals surface area contributed by atoms with E-state index in [9.17, 15) is 19.2 Å².